The lowest BCUT2D eigenvalue weighted by molar-refractivity contribution is -0.125. The molecule has 0 aliphatic carbocycles. The maximum Gasteiger partial charge on any atom is 0.244 e. The lowest BCUT2D eigenvalue weighted by atomic mass is 9.99. The molecule has 10 heteroatoms. The molecule has 0 saturated heterocycles. The van der Waals surface area contributed by atoms with Gasteiger partial charge in [-0.05, 0) is 58.6 Å². The fourth-order valence-electron chi connectivity index (χ4n) is 3.58. The molecule has 0 unspecified atom stereocenters. The number of hydrogen-bond acceptors (Lipinski definition) is 7. The van der Waals surface area contributed by atoms with Gasteiger partial charge in [0, 0.05) is 39.9 Å². The Morgan fingerprint density at radius 3 is 2.61 bits per heavy atom. The lowest BCUT2D eigenvalue weighted by Crippen LogP contribution is -2.42. The summed E-state index contributed by atoms with van der Waals surface area (Å²) in [6.07, 6.45) is 4.92. The molecule has 0 aliphatic rings. The quantitative estimate of drug-likeness (QED) is 0.249. The number of nitrogens with one attached hydrogen (secondary N) is 1. The van der Waals surface area contributed by atoms with Crippen molar-refractivity contribution in [3.05, 3.63) is 99.0 Å². The average molecular weight is 520 g/mol. The predicted octanol–water partition coefficient (Wildman–Crippen LogP) is 4.13. The minimum absolute atomic E-state index is 0.0366. The summed E-state index contributed by atoms with van der Waals surface area (Å²) < 4.78 is 1.47. The van der Waals surface area contributed by atoms with Crippen molar-refractivity contribution in [1.82, 2.24) is 25.5 Å². The summed E-state index contributed by atoms with van der Waals surface area (Å²) >= 11 is 7.67. The molecular weight excluding hydrogens is 498 g/mol. The van der Waals surface area contributed by atoms with Gasteiger partial charge in [0.1, 0.15) is 6.33 Å². The van der Waals surface area contributed by atoms with Gasteiger partial charge < -0.3 is 5.32 Å². The molecular formula is C26H22ClN5O3S. The van der Waals surface area contributed by atoms with Crippen molar-refractivity contribution in [1.29, 1.82) is 0 Å². The zero-order chi connectivity index (χ0) is 25.5. The van der Waals surface area contributed by atoms with Crippen LogP contribution in [0.2, 0.25) is 5.02 Å². The van der Waals surface area contributed by atoms with E-state index in [2.05, 4.69) is 20.8 Å². The van der Waals surface area contributed by atoms with E-state index in [9.17, 15) is 14.4 Å². The summed E-state index contributed by atoms with van der Waals surface area (Å²) in [5.74, 6) is -0.581. The number of rotatable bonds is 10. The maximum atomic E-state index is 13.2. The van der Waals surface area contributed by atoms with E-state index in [1.165, 1.54) is 35.3 Å². The number of hydrogen-bond donors (Lipinski definition) is 1. The van der Waals surface area contributed by atoms with Gasteiger partial charge in [-0.2, -0.15) is 4.68 Å². The number of carbonyl (C=O) groups excluding carboxylic acids is 3. The molecule has 36 heavy (non-hydrogen) atoms. The van der Waals surface area contributed by atoms with E-state index in [1.54, 1.807) is 48.5 Å². The third kappa shape index (κ3) is 6.59. The summed E-state index contributed by atoms with van der Waals surface area (Å²) in [5, 5.41) is 16.4. The zero-order valence-corrected chi connectivity index (χ0v) is 20.9. The number of benzene rings is 2. The SMILES string of the molecule is CC(=O)c1ccc(CC(=O)[C@H](Cc2cccs2)NC(=O)/C=C/c2cc(Cl)ccc2-n2cnnn2)cc1. The molecule has 182 valence electrons. The first-order chi connectivity index (χ1) is 17.4. The normalized spacial score (nSPS) is 11.9. The second-order valence-corrected chi connectivity index (χ2v) is 9.50. The first-order valence-electron chi connectivity index (χ1n) is 11.1. The van der Waals surface area contributed by atoms with E-state index < -0.39 is 11.9 Å². The molecule has 4 rings (SSSR count). The molecule has 0 radical (unpaired) electrons. The van der Waals surface area contributed by atoms with Crippen molar-refractivity contribution in [3.63, 3.8) is 0 Å². The minimum Gasteiger partial charge on any atom is -0.342 e. The maximum absolute atomic E-state index is 13.2. The molecule has 2 aromatic carbocycles. The Hall–Kier alpha value is -3.95. The second kappa shape index (κ2) is 11.7. The van der Waals surface area contributed by atoms with Crippen LogP contribution in [0.15, 0.2) is 72.4 Å². The molecule has 4 aromatic rings. The number of amides is 1. The van der Waals surface area contributed by atoms with E-state index in [0.717, 1.165) is 10.4 Å². The number of halogens is 1. The number of carbonyl (C=O) groups is 3. The number of aromatic nitrogens is 4. The number of Topliss-reactive ketones (excluding diaryl/α,β-unsaturated/α-hetero) is 2. The van der Waals surface area contributed by atoms with E-state index in [1.807, 2.05) is 17.5 Å². The van der Waals surface area contributed by atoms with Gasteiger partial charge in [0.2, 0.25) is 5.91 Å². The van der Waals surface area contributed by atoms with Gasteiger partial charge in [-0.3, -0.25) is 14.4 Å². The van der Waals surface area contributed by atoms with E-state index >= 15 is 0 Å². The topological polar surface area (TPSA) is 107 Å². The summed E-state index contributed by atoms with van der Waals surface area (Å²) in [6, 6.07) is 15.2. The fraction of sp³-hybridized carbons (Fsp3) is 0.154. The van der Waals surface area contributed by atoms with Crippen LogP contribution in [0.3, 0.4) is 0 Å². The molecule has 8 nitrogen and oxygen atoms in total. The zero-order valence-electron chi connectivity index (χ0n) is 19.3. The molecule has 0 aliphatic heterocycles. The van der Waals surface area contributed by atoms with Crippen LogP contribution in [0.4, 0.5) is 0 Å². The first kappa shape index (κ1) is 25.2. The molecule has 0 bridgehead atoms. The Labute approximate surface area is 216 Å². The minimum atomic E-state index is -0.716. The predicted molar refractivity (Wildman–Crippen MR) is 138 cm³/mol. The van der Waals surface area contributed by atoms with Gasteiger partial charge in [-0.25, -0.2) is 0 Å². The molecule has 1 amide bonds. The summed E-state index contributed by atoms with van der Waals surface area (Å²) in [6.45, 7) is 1.50. The number of nitrogens with zero attached hydrogens (tertiary/aromatic N) is 4. The van der Waals surface area contributed by atoms with Gasteiger partial charge in [0.15, 0.2) is 11.6 Å². The highest BCUT2D eigenvalue weighted by atomic mass is 35.5. The molecule has 2 aromatic heterocycles. The van der Waals surface area contributed by atoms with Crippen LogP contribution in [0.1, 0.15) is 33.3 Å². The van der Waals surface area contributed by atoms with Crippen LogP contribution in [-0.4, -0.2) is 43.7 Å². The Balaban J connectivity index is 1.50. The third-order valence-corrected chi connectivity index (χ3v) is 6.56. The average Bonchev–Trinajstić information content (AvgIpc) is 3.57. The number of tetrazole rings is 1. The van der Waals surface area contributed by atoms with Crippen molar-refractivity contribution >= 4 is 46.5 Å². The van der Waals surface area contributed by atoms with E-state index in [0.29, 0.717) is 28.3 Å². The van der Waals surface area contributed by atoms with E-state index in [4.69, 9.17) is 11.6 Å². The third-order valence-electron chi connectivity index (χ3n) is 5.43. The van der Waals surface area contributed by atoms with Gasteiger partial charge in [0.25, 0.3) is 0 Å². The number of thiophene rings is 1. The Kier molecular flexibility index (Phi) is 8.14. The van der Waals surface area contributed by atoms with Crippen molar-refractivity contribution in [3.8, 4) is 5.69 Å². The van der Waals surface area contributed by atoms with Crippen LogP contribution in [-0.2, 0) is 22.4 Å². The van der Waals surface area contributed by atoms with Gasteiger partial charge in [-0.1, -0.05) is 41.9 Å². The summed E-state index contributed by atoms with van der Waals surface area (Å²) in [4.78, 5) is 38.5. The monoisotopic (exact) mass is 519 g/mol. The highest BCUT2D eigenvalue weighted by molar-refractivity contribution is 7.09. The highest BCUT2D eigenvalue weighted by Gasteiger charge is 2.21. The van der Waals surface area contributed by atoms with Crippen LogP contribution in [0.25, 0.3) is 11.8 Å². The van der Waals surface area contributed by atoms with Gasteiger partial charge in [0.05, 0.1) is 11.7 Å². The van der Waals surface area contributed by atoms with Crippen molar-refractivity contribution in [2.45, 2.75) is 25.8 Å². The van der Waals surface area contributed by atoms with Crippen LogP contribution in [0, 0.1) is 0 Å². The van der Waals surface area contributed by atoms with Gasteiger partial charge >= 0.3 is 0 Å². The molecule has 1 atom stereocenters. The number of ketones is 2. The van der Waals surface area contributed by atoms with Crippen LogP contribution >= 0.6 is 22.9 Å². The highest BCUT2D eigenvalue weighted by Crippen LogP contribution is 2.20. The Bertz CT molecular complexity index is 1380. The van der Waals surface area contributed by atoms with Crippen molar-refractivity contribution in [2.24, 2.45) is 0 Å². The molecule has 2 heterocycles. The first-order valence-corrected chi connectivity index (χ1v) is 12.3. The Morgan fingerprint density at radius 2 is 1.94 bits per heavy atom. The summed E-state index contributed by atoms with van der Waals surface area (Å²) in [7, 11) is 0. The lowest BCUT2D eigenvalue weighted by Gasteiger charge is -2.16. The fourth-order valence-corrected chi connectivity index (χ4v) is 4.51. The largest absolute Gasteiger partial charge is 0.342 e. The molecule has 0 saturated carbocycles. The van der Waals surface area contributed by atoms with E-state index in [-0.39, 0.29) is 18.0 Å². The smallest absolute Gasteiger partial charge is 0.244 e. The molecule has 1 N–H and O–H groups in total. The van der Waals surface area contributed by atoms with Crippen molar-refractivity contribution < 1.29 is 14.4 Å². The molecule has 0 fully saturated rings. The Morgan fingerprint density at radius 1 is 1.14 bits per heavy atom. The molecule has 0 spiro atoms. The van der Waals surface area contributed by atoms with Gasteiger partial charge in [-0.15, -0.1) is 16.4 Å². The van der Waals surface area contributed by atoms with Crippen LogP contribution in [0.5, 0.6) is 0 Å². The second-order valence-electron chi connectivity index (χ2n) is 8.03. The van der Waals surface area contributed by atoms with Crippen LogP contribution < -0.4 is 5.32 Å². The summed E-state index contributed by atoms with van der Waals surface area (Å²) in [5.41, 5.74) is 2.64. The standard InChI is InChI=1S/C26H22ClN5O3S/c1-17(33)19-6-4-18(5-7-19)13-25(34)23(15-22-3-2-12-36-22)29-26(35)11-8-20-14-21(27)9-10-24(20)32-16-28-30-31-32/h2-12,14,16,23H,13,15H2,1H3,(H,29,35)/b11-8+/t23-/m0/s1. The van der Waals surface area contributed by atoms with Crippen molar-refractivity contribution in [2.75, 3.05) is 0 Å².